The zero-order valence-corrected chi connectivity index (χ0v) is 12.0. The summed E-state index contributed by atoms with van der Waals surface area (Å²) in [6, 6.07) is 6.17. The number of hydrogen-bond donors (Lipinski definition) is 0. The van der Waals surface area contributed by atoms with Crippen LogP contribution in [0.1, 0.15) is 6.92 Å². The van der Waals surface area contributed by atoms with Gasteiger partial charge in [0.1, 0.15) is 0 Å². The fourth-order valence-corrected chi connectivity index (χ4v) is 3.35. The molecular weight excluding hydrogens is 258 g/mol. The van der Waals surface area contributed by atoms with Crippen LogP contribution in [0.25, 0.3) is 5.52 Å². The first-order chi connectivity index (χ1) is 9.33. The average Bonchev–Trinajstić information content (AvgIpc) is 2.83. The predicted molar refractivity (Wildman–Crippen MR) is 77.8 cm³/mol. The van der Waals surface area contributed by atoms with Gasteiger partial charge in [-0.05, 0) is 19.1 Å². The Labute approximate surface area is 117 Å². The van der Waals surface area contributed by atoms with Crippen LogP contribution in [0.4, 0.5) is 0 Å². The summed E-state index contributed by atoms with van der Waals surface area (Å²) in [6.07, 6.45) is 4.37. The molecule has 0 saturated carbocycles. The van der Waals surface area contributed by atoms with Gasteiger partial charge in [-0.25, -0.2) is 4.98 Å². The summed E-state index contributed by atoms with van der Waals surface area (Å²) in [5.74, 6) is 1.07. The highest BCUT2D eigenvalue weighted by Gasteiger charge is 2.16. The first kappa shape index (κ1) is 13.0. The maximum atomic E-state index is 5.55. The highest BCUT2D eigenvalue weighted by Crippen LogP contribution is 2.18. The quantitative estimate of drug-likeness (QED) is 0.801. The lowest BCUT2D eigenvalue weighted by Crippen LogP contribution is -2.42. The molecule has 0 aromatic carbocycles. The minimum atomic E-state index is 0.367. The second kappa shape index (κ2) is 5.94. The van der Waals surface area contributed by atoms with Crippen molar-refractivity contribution in [2.24, 2.45) is 0 Å². The van der Waals surface area contributed by atoms with E-state index in [1.807, 2.05) is 30.1 Å². The molecule has 0 amide bonds. The summed E-state index contributed by atoms with van der Waals surface area (Å²) < 4.78 is 7.70. The molecular formula is C14H19N3OS. The van der Waals surface area contributed by atoms with Crippen LogP contribution in [0.3, 0.4) is 0 Å². The molecule has 3 heterocycles. The molecule has 3 rings (SSSR count). The van der Waals surface area contributed by atoms with E-state index in [0.29, 0.717) is 6.10 Å². The van der Waals surface area contributed by atoms with Gasteiger partial charge < -0.3 is 4.74 Å². The van der Waals surface area contributed by atoms with Crippen LogP contribution in [0.5, 0.6) is 0 Å². The molecule has 0 bridgehead atoms. The Kier molecular flexibility index (Phi) is 4.06. The molecule has 0 aliphatic carbocycles. The third-order valence-corrected chi connectivity index (χ3v) is 4.32. The van der Waals surface area contributed by atoms with Crippen molar-refractivity contribution in [1.82, 2.24) is 14.3 Å². The Hall–Kier alpha value is -1.04. The number of imidazole rings is 1. The second-order valence-electron chi connectivity index (χ2n) is 4.87. The number of morpholine rings is 1. The van der Waals surface area contributed by atoms with Gasteiger partial charge in [-0.15, -0.1) is 0 Å². The monoisotopic (exact) mass is 277 g/mol. The highest BCUT2D eigenvalue weighted by atomic mass is 32.2. The Balaban J connectivity index is 1.55. The van der Waals surface area contributed by atoms with E-state index in [1.165, 1.54) is 0 Å². The summed E-state index contributed by atoms with van der Waals surface area (Å²) >= 11 is 1.82. The molecule has 2 aromatic rings. The Bertz CT molecular complexity index is 542. The van der Waals surface area contributed by atoms with Crippen molar-refractivity contribution >= 4 is 17.3 Å². The van der Waals surface area contributed by atoms with Gasteiger partial charge in [0.2, 0.25) is 0 Å². The van der Waals surface area contributed by atoms with Gasteiger partial charge in [-0.1, -0.05) is 17.8 Å². The summed E-state index contributed by atoms with van der Waals surface area (Å²) in [5.41, 5.74) is 1.16. The lowest BCUT2D eigenvalue weighted by atomic mass is 10.3. The second-order valence-corrected chi connectivity index (χ2v) is 5.93. The van der Waals surface area contributed by atoms with Gasteiger partial charge in [0.25, 0.3) is 0 Å². The van der Waals surface area contributed by atoms with E-state index < -0.39 is 0 Å². The van der Waals surface area contributed by atoms with Gasteiger partial charge in [0, 0.05) is 31.6 Å². The van der Waals surface area contributed by atoms with Gasteiger partial charge in [0.15, 0.2) is 5.16 Å². The average molecular weight is 277 g/mol. The van der Waals surface area contributed by atoms with E-state index in [2.05, 4.69) is 33.5 Å². The zero-order valence-electron chi connectivity index (χ0n) is 11.2. The first-order valence-corrected chi connectivity index (χ1v) is 7.70. The molecule has 2 aromatic heterocycles. The number of pyridine rings is 1. The van der Waals surface area contributed by atoms with E-state index in [1.54, 1.807) is 0 Å². The standard InChI is InChI=1S/C14H19N3OS/c1-12-11-16(6-8-18-12)7-9-19-14-15-10-13-4-2-3-5-17(13)14/h2-5,10,12H,6-9,11H2,1H3. The van der Waals surface area contributed by atoms with Gasteiger partial charge >= 0.3 is 0 Å². The number of ether oxygens (including phenoxy) is 1. The molecule has 1 aliphatic rings. The van der Waals surface area contributed by atoms with Crippen LogP contribution in [0.2, 0.25) is 0 Å². The molecule has 1 unspecified atom stereocenters. The van der Waals surface area contributed by atoms with E-state index in [0.717, 1.165) is 42.7 Å². The van der Waals surface area contributed by atoms with E-state index in [4.69, 9.17) is 4.74 Å². The van der Waals surface area contributed by atoms with Crippen molar-refractivity contribution < 1.29 is 4.74 Å². The Morgan fingerprint density at radius 1 is 1.47 bits per heavy atom. The van der Waals surface area contributed by atoms with Gasteiger partial charge in [-0.2, -0.15) is 0 Å². The van der Waals surface area contributed by atoms with Crippen LogP contribution in [-0.2, 0) is 4.74 Å². The van der Waals surface area contributed by atoms with Crippen molar-refractivity contribution in [3.05, 3.63) is 30.6 Å². The molecule has 4 nitrogen and oxygen atoms in total. The third-order valence-electron chi connectivity index (χ3n) is 3.37. The highest BCUT2D eigenvalue weighted by molar-refractivity contribution is 7.99. The fraction of sp³-hybridized carbons (Fsp3) is 0.500. The summed E-state index contributed by atoms with van der Waals surface area (Å²) in [4.78, 5) is 6.94. The van der Waals surface area contributed by atoms with Gasteiger partial charge in [-0.3, -0.25) is 9.30 Å². The lowest BCUT2D eigenvalue weighted by molar-refractivity contribution is -0.0158. The van der Waals surface area contributed by atoms with E-state index in [-0.39, 0.29) is 0 Å². The summed E-state index contributed by atoms with van der Waals surface area (Å²) in [7, 11) is 0. The number of hydrogen-bond acceptors (Lipinski definition) is 4. The molecule has 102 valence electrons. The smallest absolute Gasteiger partial charge is 0.172 e. The van der Waals surface area contributed by atoms with Crippen molar-refractivity contribution in [3.8, 4) is 0 Å². The Morgan fingerprint density at radius 3 is 3.32 bits per heavy atom. The van der Waals surface area contributed by atoms with Crippen LogP contribution in [0, 0.1) is 0 Å². The normalized spacial score (nSPS) is 21.0. The van der Waals surface area contributed by atoms with Crippen molar-refractivity contribution in [2.45, 2.75) is 18.2 Å². The van der Waals surface area contributed by atoms with E-state index in [9.17, 15) is 0 Å². The minimum absolute atomic E-state index is 0.367. The molecule has 1 saturated heterocycles. The molecule has 5 heteroatoms. The van der Waals surface area contributed by atoms with Crippen molar-refractivity contribution in [3.63, 3.8) is 0 Å². The third kappa shape index (κ3) is 3.11. The van der Waals surface area contributed by atoms with Crippen LogP contribution in [0.15, 0.2) is 35.7 Å². The SMILES string of the molecule is CC1CN(CCSc2ncc3ccccn23)CCO1. The fourth-order valence-electron chi connectivity index (χ4n) is 2.39. The van der Waals surface area contributed by atoms with Crippen LogP contribution >= 0.6 is 11.8 Å². The molecule has 19 heavy (non-hydrogen) atoms. The molecule has 1 aliphatic heterocycles. The number of fused-ring (bicyclic) bond motifs is 1. The first-order valence-electron chi connectivity index (χ1n) is 6.72. The zero-order chi connectivity index (χ0) is 13.1. The largest absolute Gasteiger partial charge is 0.376 e. The molecule has 1 fully saturated rings. The number of rotatable bonds is 4. The van der Waals surface area contributed by atoms with Gasteiger partial charge in [0.05, 0.1) is 24.4 Å². The van der Waals surface area contributed by atoms with Crippen molar-refractivity contribution in [1.29, 1.82) is 0 Å². The predicted octanol–water partition coefficient (Wildman–Crippen LogP) is 2.15. The molecule has 0 spiro atoms. The topological polar surface area (TPSA) is 29.8 Å². The summed E-state index contributed by atoms with van der Waals surface area (Å²) in [5, 5.41) is 1.08. The Morgan fingerprint density at radius 2 is 2.42 bits per heavy atom. The lowest BCUT2D eigenvalue weighted by Gasteiger charge is -2.30. The molecule has 0 radical (unpaired) electrons. The number of thioether (sulfide) groups is 1. The number of nitrogens with zero attached hydrogens (tertiary/aromatic N) is 3. The summed E-state index contributed by atoms with van der Waals surface area (Å²) in [6.45, 7) is 6.19. The number of aromatic nitrogens is 2. The van der Waals surface area contributed by atoms with Crippen LogP contribution in [-0.4, -0.2) is 52.4 Å². The maximum absolute atomic E-state index is 5.55. The van der Waals surface area contributed by atoms with E-state index >= 15 is 0 Å². The molecule has 0 N–H and O–H groups in total. The minimum Gasteiger partial charge on any atom is -0.376 e. The van der Waals surface area contributed by atoms with Crippen molar-refractivity contribution in [2.75, 3.05) is 32.0 Å². The molecule has 1 atom stereocenters. The van der Waals surface area contributed by atoms with Crippen LogP contribution < -0.4 is 0 Å². The maximum Gasteiger partial charge on any atom is 0.172 e.